The maximum Gasteiger partial charge on any atom is 0.254 e. The van der Waals surface area contributed by atoms with Crippen molar-refractivity contribution in [3.63, 3.8) is 0 Å². The van der Waals surface area contributed by atoms with Crippen molar-refractivity contribution in [1.82, 2.24) is 15.1 Å². The van der Waals surface area contributed by atoms with Gasteiger partial charge in [-0.3, -0.25) is 9.59 Å². The summed E-state index contributed by atoms with van der Waals surface area (Å²) in [7, 11) is 3.93. The molecule has 0 radical (unpaired) electrons. The van der Waals surface area contributed by atoms with Crippen molar-refractivity contribution in [2.75, 3.05) is 33.7 Å². The monoisotopic (exact) mass is 351 g/mol. The first-order chi connectivity index (χ1) is 12.5. The standard InChI is InChI=1S/C21H25N3O2/c1-23(2)14-12-22-20(25)17-7-9-18(10-8-17)21(26)24-13-11-16-5-3-4-6-19(16)15-24/h3-10H,11-15H2,1-2H3,(H,22,25). The first-order valence-electron chi connectivity index (χ1n) is 8.93. The smallest absolute Gasteiger partial charge is 0.254 e. The van der Waals surface area contributed by atoms with E-state index in [1.807, 2.05) is 36.0 Å². The fraction of sp³-hybridized carbons (Fsp3) is 0.333. The summed E-state index contributed by atoms with van der Waals surface area (Å²) in [4.78, 5) is 28.8. The molecule has 0 spiro atoms. The second-order valence-electron chi connectivity index (χ2n) is 6.88. The highest BCUT2D eigenvalue weighted by molar-refractivity contribution is 5.97. The lowest BCUT2D eigenvalue weighted by molar-refractivity contribution is 0.0734. The molecule has 1 heterocycles. The minimum Gasteiger partial charge on any atom is -0.351 e. The zero-order valence-corrected chi connectivity index (χ0v) is 15.4. The fourth-order valence-electron chi connectivity index (χ4n) is 3.11. The van der Waals surface area contributed by atoms with Crippen LogP contribution in [0.2, 0.25) is 0 Å². The first-order valence-corrected chi connectivity index (χ1v) is 8.93. The van der Waals surface area contributed by atoms with Crippen LogP contribution in [0.25, 0.3) is 0 Å². The lowest BCUT2D eigenvalue weighted by atomic mass is 9.99. The van der Waals surface area contributed by atoms with Crippen molar-refractivity contribution in [2.24, 2.45) is 0 Å². The van der Waals surface area contributed by atoms with Gasteiger partial charge in [0.25, 0.3) is 11.8 Å². The predicted molar refractivity (Wildman–Crippen MR) is 102 cm³/mol. The molecule has 5 nitrogen and oxygen atoms in total. The molecular weight excluding hydrogens is 326 g/mol. The third kappa shape index (κ3) is 4.29. The van der Waals surface area contributed by atoms with Crippen LogP contribution in [-0.2, 0) is 13.0 Å². The van der Waals surface area contributed by atoms with Gasteiger partial charge in [-0.15, -0.1) is 0 Å². The van der Waals surface area contributed by atoms with Crippen LogP contribution in [0.3, 0.4) is 0 Å². The summed E-state index contributed by atoms with van der Waals surface area (Å²) in [5, 5.41) is 2.88. The number of amides is 2. The molecule has 0 saturated heterocycles. The highest BCUT2D eigenvalue weighted by Gasteiger charge is 2.21. The van der Waals surface area contributed by atoms with Crippen molar-refractivity contribution in [1.29, 1.82) is 0 Å². The molecule has 0 atom stereocenters. The van der Waals surface area contributed by atoms with Gasteiger partial charge in [-0.2, -0.15) is 0 Å². The number of hydrogen-bond donors (Lipinski definition) is 1. The Morgan fingerprint density at radius 1 is 1.00 bits per heavy atom. The maximum atomic E-state index is 12.8. The van der Waals surface area contributed by atoms with Gasteiger partial charge in [0.15, 0.2) is 0 Å². The molecule has 1 N–H and O–H groups in total. The Morgan fingerprint density at radius 3 is 2.35 bits per heavy atom. The molecule has 2 aromatic carbocycles. The second kappa shape index (κ2) is 8.15. The second-order valence-corrected chi connectivity index (χ2v) is 6.88. The maximum absolute atomic E-state index is 12.8. The van der Waals surface area contributed by atoms with Gasteiger partial charge in [0, 0.05) is 37.3 Å². The molecule has 1 aliphatic rings. The number of carbonyl (C=O) groups is 2. The molecular formula is C21H25N3O2. The number of nitrogens with one attached hydrogen (secondary N) is 1. The van der Waals surface area contributed by atoms with Crippen LogP contribution in [-0.4, -0.2) is 55.3 Å². The van der Waals surface area contributed by atoms with Gasteiger partial charge >= 0.3 is 0 Å². The van der Waals surface area contributed by atoms with Crippen molar-refractivity contribution < 1.29 is 9.59 Å². The molecule has 0 aromatic heterocycles. The lowest BCUT2D eigenvalue weighted by Gasteiger charge is -2.29. The summed E-state index contributed by atoms with van der Waals surface area (Å²) in [5.74, 6) is -0.100. The quantitative estimate of drug-likeness (QED) is 0.898. The molecule has 2 aromatic rings. The minimum absolute atomic E-state index is 0.0130. The third-order valence-corrected chi connectivity index (χ3v) is 4.66. The van der Waals surface area contributed by atoms with Crippen LogP contribution in [0.4, 0.5) is 0 Å². The lowest BCUT2D eigenvalue weighted by Crippen LogP contribution is -2.36. The molecule has 3 rings (SSSR count). The van der Waals surface area contributed by atoms with E-state index in [1.54, 1.807) is 24.3 Å². The van der Waals surface area contributed by atoms with Gasteiger partial charge in [-0.05, 0) is 55.9 Å². The van der Waals surface area contributed by atoms with Gasteiger partial charge < -0.3 is 15.1 Å². The summed E-state index contributed by atoms with van der Waals surface area (Å²) in [5.41, 5.74) is 3.73. The Morgan fingerprint density at radius 2 is 1.65 bits per heavy atom. The zero-order chi connectivity index (χ0) is 18.5. The SMILES string of the molecule is CN(C)CCNC(=O)c1ccc(C(=O)N2CCc3ccccc3C2)cc1. The Kier molecular flexibility index (Phi) is 5.68. The number of fused-ring (bicyclic) bond motifs is 1. The van der Waals surface area contributed by atoms with Crippen molar-refractivity contribution in [2.45, 2.75) is 13.0 Å². The van der Waals surface area contributed by atoms with Gasteiger partial charge in [-0.1, -0.05) is 24.3 Å². The van der Waals surface area contributed by atoms with E-state index in [2.05, 4.69) is 17.4 Å². The summed E-state index contributed by atoms with van der Waals surface area (Å²) in [6.07, 6.45) is 0.883. The van der Waals surface area contributed by atoms with E-state index in [0.29, 0.717) is 24.2 Å². The Labute approximate surface area is 154 Å². The molecule has 0 saturated carbocycles. The van der Waals surface area contributed by atoms with Crippen molar-refractivity contribution in [3.8, 4) is 0 Å². The molecule has 26 heavy (non-hydrogen) atoms. The van der Waals surface area contributed by atoms with Crippen LogP contribution in [0, 0.1) is 0 Å². The number of rotatable bonds is 5. The Hall–Kier alpha value is -2.66. The molecule has 0 unspecified atom stereocenters. The average molecular weight is 351 g/mol. The van der Waals surface area contributed by atoms with Gasteiger partial charge in [0.2, 0.25) is 0 Å². The van der Waals surface area contributed by atoms with E-state index in [4.69, 9.17) is 0 Å². The molecule has 1 aliphatic heterocycles. The van der Waals surface area contributed by atoms with E-state index in [1.165, 1.54) is 11.1 Å². The average Bonchev–Trinajstić information content (AvgIpc) is 2.66. The van der Waals surface area contributed by atoms with Gasteiger partial charge in [0.05, 0.1) is 0 Å². The number of nitrogens with zero attached hydrogens (tertiary/aromatic N) is 2. The van der Waals surface area contributed by atoms with Crippen molar-refractivity contribution >= 4 is 11.8 Å². The Balaban J connectivity index is 1.62. The van der Waals surface area contributed by atoms with Gasteiger partial charge in [0.1, 0.15) is 0 Å². The number of carbonyl (C=O) groups excluding carboxylic acids is 2. The summed E-state index contributed by atoms with van der Waals surface area (Å²) in [6.45, 7) is 2.75. The molecule has 2 amide bonds. The molecule has 0 aliphatic carbocycles. The van der Waals surface area contributed by atoms with Crippen LogP contribution < -0.4 is 5.32 Å². The first kappa shape index (κ1) is 18.1. The predicted octanol–water partition coefficient (Wildman–Crippen LogP) is 2.18. The Bertz CT molecular complexity index is 784. The normalized spacial score (nSPS) is 13.4. The minimum atomic E-state index is -0.113. The van der Waals surface area contributed by atoms with E-state index < -0.39 is 0 Å². The van der Waals surface area contributed by atoms with Crippen LogP contribution in [0.1, 0.15) is 31.8 Å². The van der Waals surface area contributed by atoms with E-state index >= 15 is 0 Å². The number of likely N-dealkylation sites (N-methyl/N-ethyl adjacent to an activating group) is 1. The molecule has 5 heteroatoms. The zero-order valence-electron chi connectivity index (χ0n) is 15.4. The highest BCUT2D eigenvalue weighted by atomic mass is 16.2. The molecule has 0 fully saturated rings. The number of benzene rings is 2. The molecule has 0 bridgehead atoms. The summed E-state index contributed by atoms with van der Waals surface area (Å²) in [6, 6.07) is 15.2. The summed E-state index contributed by atoms with van der Waals surface area (Å²) < 4.78 is 0. The van der Waals surface area contributed by atoms with E-state index in [-0.39, 0.29) is 11.8 Å². The van der Waals surface area contributed by atoms with Gasteiger partial charge in [-0.25, -0.2) is 0 Å². The third-order valence-electron chi connectivity index (χ3n) is 4.66. The number of hydrogen-bond acceptors (Lipinski definition) is 3. The van der Waals surface area contributed by atoms with Crippen LogP contribution >= 0.6 is 0 Å². The topological polar surface area (TPSA) is 52.7 Å². The summed E-state index contributed by atoms with van der Waals surface area (Å²) >= 11 is 0. The highest BCUT2D eigenvalue weighted by Crippen LogP contribution is 2.20. The molecule has 136 valence electrons. The van der Waals surface area contributed by atoms with Crippen molar-refractivity contribution in [3.05, 3.63) is 70.8 Å². The van der Waals surface area contributed by atoms with Crippen LogP contribution in [0.15, 0.2) is 48.5 Å². The largest absolute Gasteiger partial charge is 0.351 e. The van der Waals surface area contributed by atoms with E-state index in [9.17, 15) is 9.59 Å². The van der Waals surface area contributed by atoms with Crippen LogP contribution in [0.5, 0.6) is 0 Å². The fourth-order valence-corrected chi connectivity index (χ4v) is 3.11. The van der Waals surface area contributed by atoms with E-state index in [0.717, 1.165) is 19.5 Å².